The van der Waals surface area contributed by atoms with Gasteiger partial charge >= 0.3 is 0 Å². The Labute approximate surface area is 287 Å². The average molecular weight is 690 g/mol. The van der Waals surface area contributed by atoms with Crippen molar-refractivity contribution in [3.05, 3.63) is 139 Å². The molecule has 1 aliphatic rings. The predicted octanol–water partition coefficient (Wildman–Crippen LogP) is 11.3. The second kappa shape index (κ2) is 14.1. The SMILES string of the molecule is CC1=Nc2ccccc2N=C(C)/C(C(=O)c2ccc(Cl)cc2Cl)=C(/C)Nc2ccccc2N/C(C)=C\1C(=O)c1ccc(Cl)cc1Cl. The smallest absolute Gasteiger partial charge is 0.198 e. The van der Waals surface area contributed by atoms with E-state index in [4.69, 9.17) is 56.4 Å². The summed E-state index contributed by atoms with van der Waals surface area (Å²) in [6.07, 6.45) is 0. The number of hydrogen-bond donors (Lipinski definition) is 2. The highest BCUT2D eigenvalue weighted by Gasteiger charge is 2.24. The van der Waals surface area contributed by atoms with Gasteiger partial charge in [0.25, 0.3) is 0 Å². The predicted molar refractivity (Wildman–Crippen MR) is 193 cm³/mol. The van der Waals surface area contributed by atoms with Gasteiger partial charge in [-0.2, -0.15) is 0 Å². The molecule has 0 saturated carbocycles. The molecule has 4 aromatic rings. The molecule has 5 rings (SSSR count). The highest BCUT2D eigenvalue weighted by molar-refractivity contribution is 6.40. The largest absolute Gasteiger partial charge is 0.357 e. The lowest BCUT2D eigenvalue weighted by atomic mass is 9.97. The summed E-state index contributed by atoms with van der Waals surface area (Å²) in [6.45, 7) is 7.11. The Morgan fingerprint density at radius 3 is 1.28 bits per heavy atom. The number of halogens is 4. The number of Topliss-reactive ketones (excluding diaryl/α,β-unsaturated/α-hetero) is 2. The first-order chi connectivity index (χ1) is 21.9. The normalized spacial score (nSPS) is 17.0. The first kappa shape index (κ1) is 33.2. The van der Waals surface area contributed by atoms with Crippen LogP contribution in [0, 0.1) is 0 Å². The molecule has 0 fully saturated rings. The number of carbonyl (C=O) groups excluding carboxylic acids is 2. The average Bonchev–Trinajstić information content (AvgIpc) is 2.98. The minimum atomic E-state index is -0.327. The lowest BCUT2D eigenvalue weighted by Gasteiger charge is -2.20. The fraction of sp³-hybridized carbons (Fsp3) is 0.111. The first-order valence-corrected chi connectivity index (χ1v) is 15.7. The number of carbonyl (C=O) groups is 2. The van der Waals surface area contributed by atoms with Gasteiger partial charge in [0.05, 0.1) is 55.4 Å². The summed E-state index contributed by atoms with van der Waals surface area (Å²) in [4.78, 5) is 38.0. The molecule has 0 saturated heterocycles. The van der Waals surface area contributed by atoms with Crippen molar-refractivity contribution < 1.29 is 9.59 Å². The molecule has 0 atom stereocenters. The monoisotopic (exact) mass is 688 g/mol. The quantitative estimate of drug-likeness (QED) is 0.209. The van der Waals surface area contributed by atoms with E-state index < -0.39 is 0 Å². The van der Waals surface area contributed by atoms with Crippen LogP contribution in [0.4, 0.5) is 22.7 Å². The van der Waals surface area contributed by atoms with Gasteiger partial charge in [-0.3, -0.25) is 19.6 Å². The Kier molecular flexibility index (Phi) is 10.1. The molecular formula is C36H28Cl4N4O2. The van der Waals surface area contributed by atoms with Crippen LogP contribution in [0.3, 0.4) is 0 Å². The molecule has 0 spiro atoms. The third-order valence-corrected chi connectivity index (χ3v) is 8.40. The van der Waals surface area contributed by atoms with Gasteiger partial charge in [-0.1, -0.05) is 70.7 Å². The number of allylic oxidation sites excluding steroid dienone is 4. The zero-order valence-corrected chi connectivity index (χ0v) is 28.3. The molecule has 1 aliphatic heterocycles. The van der Waals surface area contributed by atoms with Gasteiger partial charge in [0.1, 0.15) is 0 Å². The number of nitrogens with zero attached hydrogens (tertiary/aromatic N) is 2. The van der Waals surface area contributed by atoms with Gasteiger partial charge in [-0.25, -0.2) is 0 Å². The molecule has 0 bridgehead atoms. The number of hydrogen-bond acceptors (Lipinski definition) is 6. The van der Waals surface area contributed by atoms with Crippen molar-refractivity contribution in [1.29, 1.82) is 0 Å². The van der Waals surface area contributed by atoms with Gasteiger partial charge in [0.15, 0.2) is 11.6 Å². The highest BCUT2D eigenvalue weighted by Crippen LogP contribution is 2.34. The highest BCUT2D eigenvalue weighted by atomic mass is 35.5. The van der Waals surface area contributed by atoms with Gasteiger partial charge in [0, 0.05) is 32.6 Å². The van der Waals surface area contributed by atoms with Crippen LogP contribution in [-0.4, -0.2) is 23.0 Å². The fourth-order valence-electron chi connectivity index (χ4n) is 5.19. The van der Waals surface area contributed by atoms with E-state index in [1.165, 1.54) is 12.1 Å². The molecule has 0 radical (unpaired) electrons. The summed E-state index contributed by atoms with van der Waals surface area (Å²) in [5.74, 6) is -0.655. The minimum Gasteiger partial charge on any atom is -0.357 e. The Hall–Kier alpha value is -4.20. The van der Waals surface area contributed by atoms with Crippen molar-refractivity contribution in [2.45, 2.75) is 27.7 Å². The number of ketones is 2. The molecule has 0 aromatic heterocycles. The molecule has 4 aromatic carbocycles. The van der Waals surface area contributed by atoms with Crippen molar-refractivity contribution >= 4 is 92.1 Å². The van der Waals surface area contributed by atoms with Crippen LogP contribution in [0.25, 0.3) is 0 Å². The molecule has 0 amide bonds. The minimum absolute atomic E-state index is 0.228. The molecule has 6 nitrogen and oxygen atoms in total. The zero-order chi connectivity index (χ0) is 33.1. The number of anilines is 2. The third-order valence-electron chi connectivity index (χ3n) is 7.31. The standard InChI is InChI=1S/C36H28Cl4N4O2/c1-19-33(35(45)25-15-13-23(37)17-27(25)39)20(2)42-31-11-7-8-12-32(31)44-22(4)34(36(46)26-16-14-24(38)18-28(26)40)21(3)43-30-10-6-5-9-29(30)41-19/h5-18,41,43H,1-4H3/b33-19+,34-21+,42-20?,44-22?. The number of aliphatic imine (C=N–C) groups is 2. The second-order valence-electron chi connectivity index (χ2n) is 10.6. The summed E-state index contributed by atoms with van der Waals surface area (Å²) in [5, 5.41) is 8.09. The van der Waals surface area contributed by atoms with E-state index in [0.29, 0.717) is 66.8 Å². The van der Waals surface area contributed by atoms with Crippen molar-refractivity contribution in [3.63, 3.8) is 0 Å². The van der Waals surface area contributed by atoms with E-state index in [-0.39, 0.29) is 32.7 Å². The summed E-state index contributed by atoms with van der Waals surface area (Å²) < 4.78 is 0. The van der Waals surface area contributed by atoms with Crippen molar-refractivity contribution in [2.75, 3.05) is 10.6 Å². The Morgan fingerprint density at radius 2 is 0.913 bits per heavy atom. The van der Waals surface area contributed by atoms with Crippen LogP contribution < -0.4 is 10.6 Å². The molecule has 1 heterocycles. The first-order valence-electron chi connectivity index (χ1n) is 14.2. The van der Waals surface area contributed by atoms with Crippen molar-refractivity contribution in [1.82, 2.24) is 0 Å². The van der Waals surface area contributed by atoms with Crippen LogP contribution in [0.15, 0.2) is 117 Å². The van der Waals surface area contributed by atoms with Gasteiger partial charge in [-0.15, -0.1) is 0 Å². The van der Waals surface area contributed by atoms with Crippen molar-refractivity contribution in [2.24, 2.45) is 9.98 Å². The Morgan fingerprint density at radius 1 is 0.543 bits per heavy atom. The maximum Gasteiger partial charge on any atom is 0.198 e. The van der Waals surface area contributed by atoms with E-state index in [2.05, 4.69) is 10.6 Å². The number of para-hydroxylation sites is 4. The van der Waals surface area contributed by atoms with E-state index in [0.717, 1.165) is 0 Å². The number of nitrogens with one attached hydrogen (secondary N) is 2. The van der Waals surface area contributed by atoms with Crippen LogP contribution >= 0.6 is 46.4 Å². The number of benzene rings is 4. The molecule has 2 N–H and O–H groups in total. The second-order valence-corrected chi connectivity index (χ2v) is 12.3. The van der Waals surface area contributed by atoms with Crippen molar-refractivity contribution in [3.8, 4) is 0 Å². The summed E-state index contributed by atoms with van der Waals surface area (Å²) in [7, 11) is 0. The topological polar surface area (TPSA) is 82.9 Å². The third kappa shape index (κ3) is 7.11. The number of fused-ring (bicyclic) bond motifs is 2. The molecule has 0 aliphatic carbocycles. The molecule has 46 heavy (non-hydrogen) atoms. The number of rotatable bonds is 4. The lowest BCUT2D eigenvalue weighted by molar-refractivity contribution is 0.103. The van der Waals surface area contributed by atoms with Crippen LogP contribution in [-0.2, 0) is 0 Å². The Balaban J connectivity index is 1.76. The molecular weight excluding hydrogens is 662 g/mol. The maximum absolute atomic E-state index is 14.1. The van der Waals surface area contributed by atoms with Crippen LogP contribution in [0.5, 0.6) is 0 Å². The maximum atomic E-state index is 14.1. The van der Waals surface area contributed by atoms with E-state index in [9.17, 15) is 9.59 Å². The molecule has 0 unspecified atom stereocenters. The lowest BCUT2D eigenvalue weighted by Crippen LogP contribution is -2.18. The Bertz CT molecular complexity index is 1880. The van der Waals surface area contributed by atoms with E-state index >= 15 is 0 Å². The van der Waals surface area contributed by atoms with Crippen LogP contribution in [0.1, 0.15) is 48.4 Å². The zero-order valence-electron chi connectivity index (χ0n) is 25.3. The van der Waals surface area contributed by atoms with Gasteiger partial charge < -0.3 is 10.6 Å². The summed E-state index contributed by atoms with van der Waals surface area (Å²) >= 11 is 25.2. The molecule has 10 heteroatoms. The van der Waals surface area contributed by atoms with E-state index in [1.807, 2.05) is 36.4 Å². The van der Waals surface area contributed by atoms with Gasteiger partial charge in [-0.05, 0) is 88.4 Å². The van der Waals surface area contributed by atoms with Crippen LogP contribution in [0.2, 0.25) is 20.1 Å². The summed E-state index contributed by atoms with van der Waals surface area (Å²) in [6, 6.07) is 24.2. The van der Waals surface area contributed by atoms with Gasteiger partial charge in [0.2, 0.25) is 0 Å². The fourth-order valence-corrected chi connectivity index (χ4v) is 6.17. The van der Waals surface area contributed by atoms with E-state index in [1.54, 1.807) is 64.1 Å². The molecule has 232 valence electrons. The summed E-state index contributed by atoms with van der Waals surface area (Å²) in [5.41, 5.74) is 5.46.